The van der Waals surface area contributed by atoms with Gasteiger partial charge in [0.2, 0.25) is 10.0 Å². The van der Waals surface area contributed by atoms with E-state index >= 15 is 0 Å². The number of hydrogen-bond donors (Lipinski definition) is 0. The van der Waals surface area contributed by atoms with Gasteiger partial charge in [-0.25, -0.2) is 8.42 Å². The molecule has 2 aliphatic rings. The lowest BCUT2D eigenvalue weighted by Crippen LogP contribution is -2.33. The molecule has 2 heterocycles. The van der Waals surface area contributed by atoms with Crippen molar-refractivity contribution in [3.05, 3.63) is 59.9 Å². The minimum absolute atomic E-state index is 0.118. The highest BCUT2D eigenvalue weighted by Gasteiger charge is 2.34. The second kappa shape index (κ2) is 7.40. The van der Waals surface area contributed by atoms with Crippen LogP contribution in [0.5, 0.6) is 0 Å². The molecular weight excluding hydrogens is 362 g/mol. The van der Waals surface area contributed by atoms with Crippen LogP contribution in [0, 0.1) is 0 Å². The zero-order valence-corrected chi connectivity index (χ0v) is 15.9. The van der Waals surface area contributed by atoms with Gasteiger partial charge in [-0.3, -0.25) is 9.78 Å². The van der Waals surface area contributed by atoms with Gasteiger partial charge in [-0.15, -0.1) is 0 Å². The zero-order chi connectivity index (χ0) is 18.9. The van der Waals surface area contributed by atoms with Gasteiger partial charge < -0.3 is 4.90 Å². The second-order valence-electron chi connectivity index (χ2n) is 7.16. The van der Waals surface area contributed by atoms with Crippen LogP contribution in [-0.4, -0.2) is 47.6 Å². The maximum atomic E-state index is 13.1. The van der Waals surface area contributed by atoms with Crippen molar-refractivity contribution in [3.8, 4) is 0 Å². The van der Waals surface area contributed by atoms with Gasteiger partial charge in [-0.2, -0.15) is 4.31 Å². The molecule has 0 bridgehead atoms. The van der Waals surface area contributed by atoms with E-state index in [1.807, 2.05) is 17.0 Å². The molecule has 2 fully saturated rings. The van der Waals surface area contributed by atoms with E-state index in [2.05, 4.69) is 4.98 Å². The number of carbonyl (C=O) groups excluding carboxylic acids is 1. The lowest BCUT2D eigenvalue weighted by atomic mass is 10.1. The van der Waals surface area contributed by atoms with E-state index in [9.17, 15) is 13.2 Å². The van der Waals surface area contributed by atoms with Crippen molar-refractivity contribution in [2.24, 2.45) is 0 Å². The summed E-state index contributed by atoms with van der Waals surface area (Å²) in [5.41, 5.74) is 1.45. The first-order valence-corrected chi connectivity index (χ1v) is 10.8. The first-order chi connectivity index (χ1) is 13.1. The Hall–Kier alpha value is -2.25. The summed E-state index contributed by atoms with van der Waals surface area (Å²) in [5, 5.41) is 0. The van der Waals surface area contributed by atoms with Crippen molar-refractivity contribution in [3.63, 3.8) is 0 Å². The molecule has 1 amide bonds. The summed E-state index contributed by atoms with van der Waals surface area (Å²) in [6, 6.07) is 10.5. The molecule has 0 unspecified atom stereocenters. The molecule has 142 valence electrons. The maximum absolute atomic E-state index is 13.1. The number of aromatic nitrogens is 1. The summed E-state index contributed by atoms with van der Waals surface area (Å²) in [6.45, 7) is 1.61. The summed E-state index contributed by atoms with van der Waals surface area (Å²) >= 11 is 0. The normalized spacial score (nSPS) is 17.8. The van der Waals surface area contributed by atoms with Crippen LogP contribution in [0.4, 0.5) is 0 Å². The molecule has 0 N–H and O–H groups in total. The molecule has 1 saturated heterocycles. The number of rotatable bonds is 6. The van der Waals surface area contributed by atoms with E-state index in [1.165, 1.54) is 10.4 Å². The molecule has 1 saturated carbocycles. The van der Waals surface area contributed by atoms with Crippen LogP contribution in [0.2, 0.25) is 0 Å². The molecule has 6 nitrogen and oxygen atoms in total. The Kier molecular flexibility index (Phi) is 4.97. The Morgan fingerprint density at radius 1 is 1.11 bits per heavy atom. The van der Waals surface area contributed by atoms with Crippen LogP contribution in [0.15, 0.2) is 53.7 Å². The number of benzene rings is 1. The van der Waals surface area contributed by atoms with E-state index in [1.54, 1.807) is 30.6 Å². The van der Waals surface area contributed by atoms with Crippen molar-refractivity contribution in [2.45, 2.75) is 43.2 Å². The summed E-state index contributed by atoms with van der Waals surface area (Å²) in [6.07, 6.45) is 7.19. The van der Waals surface area contributed by atoms with Crippen LogP contribution in [0.3, 0.4) is 0 Å². The van der Waals surface area contributed by atoms with Crippen molar-refractivity contribution < 1.29 is 13.2 Å². The molecule has 0 atom stereocenters. The third-order valence-corrected chi connectivity index (χ3v) is 7.03. The fourth-order valence-electron chi connectivity index (χ4n) is 3.47. The third-order valence-electron chi connectivity index (χ3n) is 5.13. The number of amides is 1. The lowest BCUT2D eigenvalue weighted by molar-refractivity contribution is 0.0729. The molecule has 4 rings (SSSR count). The molecular formula is C20H23N3O3S. The molecule has 0 radical (unpaired) electrons. The third kappa shape index (κ3) is 3.89. The predicted octanol–water partition coefficient (Wildman–Crippen LogP) is 2.67. The maximum Gasteiger partial charge on any atom is 0.254 e. The lowest BCUT2D eigenvalue weighted by Gasteiger charge is -2.23. The van der Waals surface area contributed by atoms with Crippen molar-refractivity contribution >= 4 is 15.9 Å². The number of nitrogens with zero attached hydrogens (tertiary/aromatic N) is 3. The average molecular weight is 385 g/mol. The average Bonchev–Trinajstić information content (AvgIpc) is 3.38. The molecule has 1 aliphatic carbocycles. The van der Waals surface area contributed by atoms with E-state index < -0.39 is 10.0 Å². The molecule has 27 heavy (non-hydrogen) atoms. The predicted molar refractivity (Wildman–Crippen MR) is 102 cm³/mol. The Morgan fingerprint density at radius 3 is 2.48 bits per heavy atom. The topological polar surface area (TPSA) is 70.6 Å². The Bertz CT molecular complexity index is 920. The van der Waals surface area contributed by atoms with E-state index in [0.717, 1.165) is 31.2 Å². The van der Waals surface area contributed by atoms with Gasteiger partial charge in [-0.1, -0.05) is 6.07 Å². The number of pyridine rings is 1. The van der Waals surface area contributed by atoms with Gasteiger partial charge in [0.25, 0.3) is 5.91 Å². The Balaban J connectivity index is 1.59. The molecule has 1 aromatic carbocycles. The zero-order valence-electron chi connectivity index (χ0n) is 15.1. The Morgan fingerprint density at radius 2 is 1.81 bits per heavy atom. The van der Waals surface area contributed by atoms with Gasteiger partial charge in [0, 0.05) is 43.6 Å². The number of sulfonamides is 1. The van der Waals surface area contributed by atoms with Crippen LogP contribution in [-0.2, 0) is 16.6 Å². The van der Waals surface area contributed by atoms with E-state index in [-0.39, 0.29) is 16.8 Å². The molecule has 7 heteroatoms. The van der Waals surface area contributed by atoms with Crippen LogP contribution >= 0.6 is 0 Å². The van der Waals surface area contributed by atoms with E-state index in [0.29, 0.717) is 25.2 Å². The number of hydrogen-bond acceptors (Lipinski definition) is 4. The van der Waals surface area contributed by atoms with Crippen molar-refractivity contribution in [1.82, 2.24) is 14.2 Å². The summed E-state index contributed by atoms with van der Waals surface area (Å²) in [5.74, 6) is -0.118. The fraction of sp³-hybridized carbons (Fsp3) is 0.400. The molecule has 2 aromatic rings. The fourth-order valence-corrected chi connectivity index (χ4v) is 5.03. The van der Waals surface area contributed by atoms with Gasteiger partial charge in [-0.05, 0) is 61.6 Å². The van der Waals surface area contributed by atoms with Gasteiger partial charge >= 0.3 is 0 Å². The summed E-state index contributed by atoms with van der Waals surface area (Å²) < 4.78 is 27.1. The van der Waals surface area contributed by atoms with Gasteiger partial charge in [0.1, 0.15) is 0 Å². The smallest absolute Gasteiger partial charge is 0.254 e. The van der Waals surface area contributed by atoms with Crippen LogP contribution in [0.25, 0.3) is 0 Å². The second-order valence-corrected chi connectivity index (χ2v) is 9.10. The van der Waals surface area contributed by atoms with Crippen molar-refractivity contribution in [1.29, 1.82) is 0 Å². The first kappa shape index (κ1) is 18.1. The van der Waals surface area contributed by atoms with Gasteiger partial charge in [0.15, 0.2) is 0 Å². The van der Waals surface area contributed by atoms with Crippen LogP contribution in [0.1, 0.15) is 41.6 Å². The van der Waals surface area contributed by atoms with Crippen molar-refractivity contribution in [2.75, 3.05) is 13.1 Å². The highest BCUT2D eigenvalue weighted by Crippen LogP contribution is 2.30. The SMILES string of the molecule is O=C(c1cccc(S(=O)(=O)N2CCCC2)c1)N(Cc1ccncc1)C1CC1. The standard InChI is InChI=1S/C20H23N3O3S/c24-20(23(18-6-7-18)15-16-8-10-21-11-9-16)17-4-3-5-19(14-17)27(25,26)22-12-1-2-13-22/h3-5,8-11,14,18H,1-2,6-7,12-13,15H2. The molecule has 1 aliphatic heterocycles. The minimum Gasteiger partial charge on any atom is -0.331 e. The highest BCUT2D eigenvalue weighted by atomic mass is 32.2. The minimum atomic E-state index is -3.53. The Labute approximate surface area is 159 Å². The largest absolute Gasteiger partial charge is 0.331 e. The van der Waals surface area contributed by atoms with E-state index in [4.69, 9.17) is 0 Å². The van der Waals surface area contributed by atoms with Crippen LogP contribution < -0.4 is 0 Å². The molecule has 0 spiro atoms. The quantitative estimate of drug-likeness (QED) is 0.767. The van der Waals surface area contributed by atoms with Gasteiger partial charge in [0.05, 0.1) is 4.90 Å². The summed E-state index contributed by atoms with van der Waals surface area (Å²) in [4.78, 5) is 19.2. The highest BCUT2D eigenvalue weighted by molar-refractivity contribution is 7.89. The number of carbonyl (C=O) groups is 1. The monoisotopic (exact) mass is 385 g/mol. The molecule has 1 aromatic heterocycles. The first-order valence-electron chi connectivity index (χ1n) is 9.36. The summed E-state index contributed by atoms with van der Waals surface area (Å²) in [7, 11) is -3.53.